The maximum atomic E-state index is 10.8. The smallest absolute Gasteiger partial charge is 0.294 e. The Kier molecular flexibility index (Phi) is 4.16. The monoisotopic (exact) mass is 206 g/mol. The largest absolute Gasteiger partial charge is 0.501 e. The standard InChI is InChI=1S/C8H14O4S/c1-6(2)8(13(9,10)11)5-7(3)12-4/h5H,1-4H3,(H,9,10,11)/b7-5+. The molecule has 0 aliphatic rings. The molecule has 76 valence electrons. The first-order valence-electron chi connectivity index (χ1n) is 3.66. The summed E-state index contributed by atoms with van der Waals surface area (Å²) in [6.07, 6.45) is 1.28. The van der Waals surface area contributed by atoms with Crippen LogP contribution in [0, 0.1) is 0 Å². The fraction of sp³-hybridized carbons (Fsp3) is 0.500. The van der Waals surface area contributed by atoms with Gasteiger partial charge in [0.1, 0.15) is 0 Å². The highest BCUT2D eigenvalue weighted by atomic mass is 32.2. The zero-order valence-corrected chi connectivity index (χ0v) is 8.97. The van der Waals surface area contributed by atoms with Crippen molar-refractivity contribution >= 4 is 10.1 Å². The number of methoxy groups -OCH3 is 1. The second-order valence-corrected chi connectivity index (χ2v) is 4.19. The van der Waals surface area contributed by atoms with Crippen LogP contribution in [-0.4, -0.2) is 20.1 Å². The van der Waals surface area contributed by atoms with Crippen molar-refractivity contribution in [3.05, 3.63) is 22.3 Å². The molecular weight excluding hydrogens is 192 g/mol. The van der Waals surface area contributed by atoms with E-state index in [4.69, 9.17) is 9.29 Å². The average molecular weight is 206 g/mol. The van der Waals surface area contributed by atoms with Crippen LogP contribution < -0.4 is 0 Å². The SMILES string of the molecule is CO/C(C)=C/C(=C(C)C)S(=O)(=O)O. The lowest BCUT2D eigenvalue weighted by molar-refractivity contribution is 0.293. The first-order valence-corrected chi connectivity index (χ1v) is 5.10. The Hall–Kier alpha value is -0.810. The van der Waals surface area contributed by atoms with Gasteiger partial charge in [-0.2, -0.15) is 8.42 Å². The van der Waals surface area contributed by atoms with Gasteiger partial charge in [0.2, 0.25) is 0 Å². The molecule has 1 N–H and O–H groups in total. The summed E-state index contributed by atoms with van der Waals surface area (Å²) in [5, 5.41) is 0. The molecule has 0 aromatic carbocycles. The van der Waals surface area contributed by atoms with E-state index in [9.17, 15) is 8.42 Å². The molecule has 0 saturated carbocycles. The lowest BCUT2D eigenvalue weighted by Gasteiger charge is -2.03. The van der Waals surface area contributed by atoms with Crippen molar-refractivity contribution < 1.29 is 17.7 Å². The van der Waals surface area contributed by atoms with Gasteiger partial charge in [-0.05, 0) is 26.8 Å². The minimum Gasteiger partial charge on any atom is -0.501 e. The summed E-state index contributed by atoms with van der Waals surface area (Å²) < 4.78 is 35.2. The van der Waals surface area contributed by atoms with E-state index in [1.54, 1.807) is 20.8 Å². The Balaban J connectivity index is 5.26. The van der Waals surface area contributed by atoms with Gasteiger partial charge >= 0.3 is 0 Å². The maximum absolute atomic E-state index is 10.8. The minimum atomic E-state index is -4.15. The molecule has 0 amide bonds. The van der Waals surface area contributed by atoms with Crippen molar-refractivity contribution in [2.24, 2.45) is 0 Å². The van der Waals surface area contributed by atoms with E-state index in [1.165, 1.54) is 13.2 Å². The van der Waals surface area contributed by atoms with Crippen LogP contribution in [0.1, 0.15) is 20.8 Å². The molecule has 0 aliphatic heterocycles. The Bertz CT molecular complexity index is 331. The van der Waals surface area contributed by atoms with Gasteiger partial charge in [-0.15, -0.1) is 0 Å². The Morgan fingerprint density at radius 3 is 2.00 bits per heavy atom. The quantitative estimate of drug-likeness (QED) is 0.434. The molecule has 4 nitrogen and oxygen atoms in total. The second-order valence-electron chi connectivity index (χ2n) is 2.80. The van der Waals surface area contributed by atoms with Crippen molar-refractivity contribution in [1.82, 2.24) is 0 Å². The van der Waals surface area contributed by atoms with Crippen molar-refractivity contribution in [3.63, 3.8) is 0 Å². The van der Waals surface area contributed by atoms with E-state index in [0.29, 0.717) is 11.3 Å². The lowest BCUT2D eigenvalue weighted by Crippen LogP contribution is -2.02. The van der Waals surface area contributed by atoms with Crippen LogP contribution in [-0.2, 0) is 14.9 Å². The van der Waals surface area contributed by atoms with E-state index < -0.39 is 10.1 Å². The summed E-state index contributed by atoms with van der Waals surface area (Å²) in [5.74, 6) is 0.425. The van der Waals surface area contributed by atoms with E-state index in [-0.39, 0.29) is 4.91 Å². The van der Waals surface area contributed by atoms with Crippen LogP contribution in [0.15, 0.2) is 22.3 Å². The highest BCUT2D eigenvalue weighted by Gasteiger charge is 2.13. The topological polar surface area (TPSA) is 63.6 Å². The van der Waals surface area contributed by atoms with Crippen LogP contribution in [0.25, 0.3) is 0 Å². The molecule has 0 heterocycles. The molecule has 5 heteroatoms. The van der Waals surface area contributed by atoms with Crippen molar-refractivity contribution in [1.29, 1.82) is 0 Å². The summed E-state index contributed by atoms with van der Waals surface area (Å²) in [6.45, 7) is 4.80. The second kappa shape index (κ2) is 4.43. The number of hydrogen-bond acceptors (Lipinski definition) is 3. The van der Waals surface area contributed by atoms with Crippen LogP contribution in [0.3, 0.4) is 0 Å². The molecule has 0 aromatic rings. The van der Waals surface area contributed by atoms with Crippen molar-refractivity contribution in [3.8, 4) is 0 Å². The number of allylic oxidation sites excluding steroid dienone is 3. The van der Waals surface area contributed by atoms with Gasteiger partial charge in [-0.3, -0.25) is 4.55 Å². The molecule has 0 saturated heterocycles. The van der Waals surface area contributed by atoms with E-state index in [2.05, 4.69) is 0 Å². The van der Waals surface area contributed by atoms with E-state index in [0.717, 1.165) is 0 Å². The molecule has 0 fully saturated rings. The van der Waals surface area contributed by atoms with Gasteiger partial charge in [0.05, 0.1) is 17.8 Å². The summed E-state index contributed by atoms with van der Waals surface area (Å²) in [4.78, 5) is -0.119. The number of ether oxygens (including phenoxy) is 1. The van der Waals surface area contributed by atoms with Crippen LogP contribution in [0.5, 0.6) is 0 Å². The van der Waals surface area contributed by atoms with Gasteiger partial charge in [0.15, 0.2) is 0 Å². The summed E-state index contributed by atoms with van der Waals surface area (Å²) in [6, 6.07) is 0. The molecule has 0 bridgehead atoms. The Labute approximate surface area is 78.7 Å². The maximum Gasteiger partial charge on any atom is 0.294 e. The fourth-order valence-corrected chi connectivity index (χ4v) is 1.55. The first kappa shape index (κ1) is 12.2. The summed E-state index contributed by atoms with van der Waals surface area (Å²) in [5.41, 5.74) is 0.513. The van der Waals surface area contributed by atoms with Crippen LogP contribution >= 0.6 is 0 Å². The molecule has 0 aliphatic carbocycles. The lowest BCUT2D eigenvalue weighted by atomic mass is 10.3. The highest BCUT2D eigenvalue weighted by Crippen LogP contribution is 2.14. The fourth-order valence-electron chi connectivity index (χ4n) is 0.720. The zero-order chi connectivity index (χ0) is 10.6. The third-order valence-corrected chi connectivity index (χ3v) is 2.51. The zero-order valence-electron chi connectivity index (χ0n) is 8.16. The molecule has 0 rings (SSSR count). The number of rotatable bonds is 3. The van der Waals surface area contributed by atoms with Crippen molar-refractivity contribution in [2.75, 3.05) is 7.11 Å². The van der Waals surface area contributed by atoms with Crippen LogP contribution in [0.4, 0.5) is 0 Å². The molecular formula is C8H14O4S. The normalized spacial score (nSPS) is 12.5. The van der Waals surface area contributed by atoms with Crippen molar-refractivity contribution in [2.45, 2.75) is 20.8 Å². The predicted molar refractivity (Wildman–Crippen MR) is 50.7 cm³/mol. The van der Waals surface area contributed by atoms with Gasteiger partial charge in [0.25, 0.3) is 10.1 Å². The molecule has 0 unspecified atom stereocenters. The Morgan fingerprint density at radius 1 is 1.31 bits per heavy atom. The molecule has 0 aromatic heterocycles. The van der Waals surface area contributed by atoms with Crippen LogP contribution in [0.2, 0.25) is 0 Å². The van der Waals surface area contributed by atoms with Gasteiger partial charge < -0.3 is 4.74 Å². The van der Waals surface area contributed by atoms with Gasteiger partial charge in [-0.1, -0.05) is 5.57 Å². The number of hydrogen-bond donors (Lipinski definition) is 1. The third kappa shape index (κ3) is 4.10. The third-order valence-electron chi connectivity index (χ3n) is 1.43. The highest BCUT2D eigenvalue weighted by molar-refractivity contribution is 7.90. The summed E-state index contributed by atoms with van der Waals surface area (Å²) in [7, 11) is -2.72. The Morgan fingerprint density at radius 2 is 1.77 bits per heavy atom. The van der Waals surface area contributed by atoms with E-state index >= 15 is 0 Å². The molecule has 0 radical (unpaired) electrons. The first-order chi connectivity index (χ1) is 5.79. The summed E-state index contributed by atoms with van der Waals surface area (Å²) >= 11 is 0. The molecule has 0 spiro atoms. The van der Waals surface area contributed by atoms with Gasteiger partial charge in [0, 0.05) is 0 Å². The predicted octanol–water partition coefficient (Wildman–Crippen LogP) is 1.72. The van der Waals surface area contributed by atoms with E-state index in [1.807, 2.05) is 0 Å². The molecule has 13 heavy (non-hydrogen) atoms. The van der Waals surface area contributed by atoms with Gasteiger partial charge in [-0.25, -0.2) is 0 Å². The average Bonchev–Trinajstić information content (AvgIpc) is 1.96. The minimum absolute atomic E-state index is 0.119. The molecule has 0 atom stereocenters.